The molecule has 0 aliphatic heterocycles. The second-order valence-corrected chi connectivity index (χ2v) is 5.74. The molecule has 2 aromatic carbocycles. The lowest BCUT2D eigenvalue weighted by molar-refractivity contribution is 0.403. The average Bonchev–Trinajstić information content (AvgIpc) is 2.40. The molecule has 2 N–H and O–H groups in total. The Hall–Kier alpha value is -1.10. The zero-order chi connectivity index (χ0) is 14.7. The van der Waals surface area contributed by atoms with E-state index in [1.54, 1.807) is 31.4 Å². The van der Waals surface area contributed by atoms with E-state index in [1.165, 1.54) is 12.1 Å². The number of methoxy groups -OCH3 is 1. The van der Waals surface area contributed by atoms with Crippen LogP contribution in [0.3, 0.4) is 0 Å². The van der Waals surface area contributed by atoms with Crippen molar-refractivity contribution in [1.82, 2.24) is 0 Å². The molecule has 0 amide bonds. The van der Waals surface area contributed by atoms with Gasteiger partial charge >= 0.3 is 0 Å². The Kier molecular flexibility index (Phi) is 5.02. The molecule has 0 aliphatic rings. The van der Waals surface area contributed by atoms with E-state index in [-0.39, 0.29) is 11.9 Å². The molecule has 0 heterocycles. The summed E-state index contributed by atoms with van der Waals surface area (Å²) < 4.78 is 19.0. The molecule has 2 rings (SSSR count). The van der Waals surface area contributed by atoms with Crippen LogP contribution in [0, 0.1) is 5.82 Å². The van der Waals surface area contributed by atoms with Crippen LogP contribution in [0.2, 0.25) is 5.02 Å². The van der Waals surface area contributed by atoms with Crippen molar-refractivity contribution in [1.29, 1.82) is 0 Å². The Morgan fingerprint density at radius 2 is 1.95 bits per heavy atom. The van der Waals surface area contributed by atoms with Crippen LogP contribution in [-0.2, 0) is 6.42 Å². The molecule has 0 spiro atoms. The fraction of sp³-hybridized carbons (Fsp3) is 0.200. The summed E-state index contributed by atoms with van der Waals surface area (Å²) in [7, 11) is 1.59. The average molecular weight is 359 g/mol. The lowest BCUT2D eigenvalue weighted by Gasteiger charge is -2.17. The fourth-order valence-electron chi connectivity index (χ4n) is 2.06. The van der Waals surface area contributed by atoms with Gasteiger partial charge in [0.05, 0.1) is 11.6 Å². The second kappa shape index (κ2) is 6.57. The maximum Gasteiger partial charge on any atom is 0.137 e. The maximum absolute atomic E-state index is 12.9. The monoisotopic (exact) mass is 357 g/mol. The van der Waals surface area contributed by atoms with Crippen LogP contribution in [0.15, 0.2) is 40.9 Å². The van der Waals surface area contributed by atoms with Crippen molar-refractivity contribution in [3.05, 3.63) is 62.8 Å². The third-order valence-electron chi connectivity index (χ3n) is 3.01. The van der Waals surface area contributed by atoms with Crippen LogP contribution in [0.25, 0.3) is 0 Å². The van der Waals surface area contributed by atoms with E-state index < -0.39 is 0 Å². The zero-order valence-electron chi connectivity index (χ0n) is 10.9. The molecule has 2 nitrogen and oxygen atoms in total. The van der Waals surface area contributed by atoms with Crippen LogP contribution >= 0.6 is 27.5 Å². The minimum Gasteiger partial charge on any atom is -0.495 e. The number of halogens is 3. The van der Waals surface area contributed by atoms with E-state index >= 15 is 0 Å². The summed E-state index contributed by atoms with van der Waals surface area (Å²) >= 11 is 9.46. The summed E-state index contributed by atoms with van der Waals surface area (Å²) in [5, 5.41) is 0.585. The first-order valence-corrected chi connectivity index (χ1v) is 7.21. The van der Waals surface area contributed by atoms with Gasteiger partial charge in [0.25, 0.3) is 0 Å². The van der Waals surface area contributed by atoms with Crippen molar-refractivity contribution >= 4 is 27.5 Å². The normalized spacial score (nSPS) is 12.2. The number of rotatable bonds is 4. The van der Waals surface area contributed by atoms with Gasteiger partial charge in [0, 0.05) is 16.6 Å². The smallest absolute Gasteiger partial charge is 0.137 e. The van der Waals surface area contributed by atoms with Crippen LogP contribution < -0.4 is 10.5 Å². The third kappa shape index (κ3) is 3.51. The molecule has 106 valence electrons. The van der Waals surface area contributed by atoms with Crippen molar-refractivity contribution in [2.45, 2.75) is 12.5 Å². The quantitative estimate of drug-likeness (QED) is 0.874. The van der Waals surface area contributed by atoms with Gasteiger partial charge in [0.1, 0.15) is 11.6 Å². The molecule has 1 unspecified atom stereocenters. The summed E-state index contributed by atoms with van der Waals surface area (Å²) in [6, 6.07) is 9.56. The van der Waals surface area contributed by atoms with E-state index in [0.717, 1.165) is 15.6 Å². The van der Waals surface area contributed by atoms with E-state index in [2.05, 4.69) is 15.9 Å². The first-order valence-electron chi connectivity index (χ1n) is 6.04. The van der Waals surface area contributed by atoms with Crippen molar-refractivity contribution < 1.29 is 9.13 Å². The van der Waals surface area contributed by atoms with Gasteiger partial charge in [-0.1, -0.05) is 23.7 Å². The number of benzene rings is 2. The Balaban J connectivity index is 2.28. The largest absolute Gasteiger partial charge is 0.495 e. The fourth-order valence-corrected chi connectivity index (χ4v) is 3.05. The minimum absolute atomic E-state index is 0.259. The summed E-state index contributed by atoms with van der Waals surface area (Å²) in [5.41, 5.74) is 8.00. The number of hydrogen-bond donors (Lipinski definition) is 1. The zero-order valence-corrected chi connectivity index (χ0v) is 13.2. The third-order valence-corrected chi connectivity index (χ3v) is 3.82. The van der Waals surface area contributed by atoms with Crippen molar-refractivity contribution in [2.24, 2.45) is 5.73 Å². The molecular formula is C15H14BrClFNO. The summed E-state index contributed by atoms with van der Waals surface area (Å²) in [6.07, 6.45) is 0.573. The first kappa shape index (κ1) is 15.3. The lowest BCUT2D eigenvalue weighted by Crippen LogP contribution is -2.14. The second-order valence-electron chi connectivity index (χ2n) is 4.45. The number of ether oxygens (including phenoxy) is 1. The predicted octanol–water partition coefficient (Wildman–Crippen LogP) is 4.49. The van der Waals surface area contributed by atoms with Crippen LogP contribution in [-0.4, -0.2) is 7.11 Å². The summed E-state index contributed by atoms with van der Waals surface area (Å²) in [5.74, 6) is 0.411. The molecule has 0 saturated heterocycles. The molecule has 0 aliphatic carbocycles. The molecule has 1 atom stereocenters. The maximum atomic E-state index is 12.9. The Morgan fingerprint density at radius 1 is 1.30 bits per heavy atom. The predicted molar refractivity (Wildman–Crippen MR) is 82.7 cm³/mol. The molecule has 5 heteroatoms. The van der Waals surface area contributed by atoms with Gasteiger partial charge in [-0.3, -0.25) is 0 Å². The molecule has 0 aromatic heterocycles. The molecule has 2 aromatic rings. The van der Waals surface area contributed by atoms with Gasteiger partial charge in [0.15, 0.2) is 0 Å². The summed E-state index contributed by atoms with van der Waals surface area (Å²) in [4.78, 5) is 0. The Labute approximate surface area is 130 Å². The number of hydrogen-bond acceptors (Lipinski definition) is 2. The van der Waals surface area contributed by atoms with E-state index in [9.17, 15) is 4.39 Å². The molecule has 0 saturated carbocycles. The first-order chi connectivity index (χ1) is 9.51. The Bertz CT molecular complexity index is 604. The van der Waals surface area contributed by atoms with Crippen LogP contribution in [0.1, 0.15) is 17.2 Å². The van der Waals surface area contributed by atoms with Crippen LogP contribution in [0.4, 0.5) is 4.39 Å². The SMILES string of the molecule is COc1c(Br)cc(Cl)cc1C(N)Cc1ccc(F)cc1. The van der Waals surface area contributed by atoms with Crippen molar-refractivity contribution in [3.63, 3.8) is 0 Å². The highest BCUT2D eigenvalue weighted by Crippen LogP contribution is 2.36. The Morgan fingerprint density at radius 3 is 2.55 bits per heavy atom. The summed E-state index contributed by atoms with van der Waals surface area (Å²) in [6.45, 7) is 0. The highest BCUT2D eigenvalue weighted by Gasteiger charge is 2.16. The van der Waals surface area contributed by atoms with E-state index in [0.29, 0.717) is 17.2 Å². The number of nitrogens with two attached hydrogens (primary N) is 1. The highest BCUT2D eigenvalue weighted by atomic mass is 79.9. The van der Waals surface area contributed by atoms with Gasteiger partial charge in [-0.25, -0.2) is 4.39 Å². The highest BCUT2D eigenvalue weighted by molar-refractivity contribution is 9.10. The van der Waals surface area contributed by atoms with Gasteiger partial charge < -0.3 is 10.5 Å². The van der Waals surface area contributed by atoms with Gasteiger partial charge in [0.2, 0.25) is 0 Å². The van der Waals surface area contributed by atoms with Gasteiger partial charge in [-0.05, 0) is 52.2 Å². The molecule has 0 fully saturated rings. The van der Waals surface area contributed by atoms with Crippen molar-refractivity contribution in [2.75, 3.05) is 7.11 Å². The topological polar surface area (TPSA) is 35.2 Å². The molecule has 0 bridgehead atoms. The van der Waals surface area contributed by atoms with Crippen molar-refractivity contribution in [3.8, 4) is 5.75 Å². The van der Waals surface area contributed by atoms with E-state index in [4.69, 9.17) is 22.1 Å². The van der Waals surface area contributed by atoms with E-state index in [1.807, 2.05) is 0 Å². The molecule has 0 radical (unpaired) electrons. The minimum atomic E-state index is -0.287. The molecular weight excluding hydrogens is 345 g/mol. The van der Waals surface area contributed by atoms with Gasteiger partial charge in [-0.2, -0.15) is 0 Å². The lowest BCUT2D eigenvalue weighted by atomic mass is 9.99. The molecule has 20 heavy (non-hydrogen) atoms. The van der Waals surface area contributed by atoms with Gasteiger partial charge in [-0.15, -0.1) is 0 Å². The standard InChI is InChI=1S/C15H14BrClFNO/c1-20-15-12(7-10(17)8-13(15)16)14(19)6-9-2-4-11(18)5-3-9/h2-5,7-8,14H,6,19H2,1H3. The van der Waals surface area contributed by atoms with Crippen LogP contribution in [0.5, 0.6) is 5.75 Å².